The number of carbonyl (C=O) groups is 1. The highest BCUT2D eigenvalue weighted by atomic mass is 19.4. The first-order valence-corrected chi connectivity index (χ1v) is 5.14. The van der Waals surface area contributed by atoms with Crippen molar-refractivity contribution < 1.29 is 27.8 Å². The molecule has 0 heterocycles. The zero-order chi connectivity index (χ0) is 13.8. The molecule has 4 nitrogen and oxygen atoms in total. The van der Waals surface area contributed by atoms with Crippen LogP contribution in [0.3, 0.4) is 0 Å². The van der Waals surface area contributed by atoms with Crippen LogP contribution in [0.2, 0.25) is 0 Å². The zero-order valence-electron chi connectivity index (χ0n) is 9.54. The summed E-state index contributed by atoms with van der Waals surface area (Å²) in [6.07, 6.45) is -4.52. The van der Waals surface area contributed by atoms with Gasteiger partial charge < -0.3 is 15.2 Å². The molecule has 0 atom stereocenters. The Kier molecular flexibility index (Phi) is 4.41. The minimum absolute atomic E-state index is 0.0380. The average Bonchev–Trinajstić information content (AvgIpc) is 2.26. The van der Waals surface area contributed by atoms with E-state index in [0.717, 1.165) is 12.1 Å². The first-order chi connectivity index (χ1) is 8.34. The number of aromatic hydroxyl groups is 1. The van der Waals surface area contributed by atoms with E-state index < -0.39 is 23.5 Å². The van der Waals surface area contributed by atoms with Crippen molar-refractivity contribution in [3.05, 3.63) is 23.8 Å². The van der Waals surface area contributed by atoms with Gasteiger partial charge in [-0.2, -0.15) is 13.2 Å². The molecule has 0 bridgehead atoms. The Balaban J connectivity index is 2.72. The van der Waals surface area contributed by atoms with E-state index >= 15 is 0 Å². The number of ether oxygens (including phenoxy) is 1. The van der Waals surface area contributed by atoms with Gasteiger partial charge in [-0.25, -0.2) is 0 Å². The van der Waals surface area contributed by atoms with Gasteiger partial charge >= 0.3 is 12.1 Å². The van der Waals surface area contributed by atoms with Crippen LogP contribution in [0.5, 0.6) is 5.75 Å². The van der Waals surface area contributed by atoms with Crippen LogP contribution in [0.1, 0.15) is 12.5 Å². The van der Waals surface area contributed by atoms with Gasteiger partial charge in [0.2, 0.25) is 0 Å². The fraction of sp³-hybridized carbons (Fsp3) is 0.364. The number of hydrogen-bond acceptors (Lipinski definition) is 4. The molecule has 0 saturated heterocycles. The smallest absolute Gasteiger partial charge is 0.416 e. The summed E-state index contributed by atoms with van der Waals surface area (Å²) < 4.78 is 41.5. The molecule has 1 rings (SSSR count). The molecule has 0 amide bonds. The summed E-state index contributed by atoms with van der Waals surface area (Å²) in [6, 6.07) is 2.46. The van der Waals surface area contributed by atoms with Crippen molar-refractivity contribution in [1.82, 2.24) is 0 Å². The van der Waals surface area contributed by atoms with Crippen molar-refractivity contribution in [2.45, 2.75) is 13.1 Å². The van der Waals surface area contributed by atoms with E-state index in [2.05, 4.69) is 10.1 Å². The second-order valence-corrected chi connectivity index (χ2v) is 3.39. The molecule has 100 valence electrons. The lowest BCUT2D eigenvalue weighted by Crippen LogP contribution is -2.16. The molecule has 0 unspecified atom stereocenters. The summed E-state index contributed by atoms with van der Waals surface area (Å²) in [4.78, 5) is 11.0. The number of hydrogen-bond donors (Lipinski definition) is 2. The monoisotopic (exact) mass is 263 g/mol. The number of benzene rings is 1. The number of rotatable bonds is 4. The lowest BCUT2D eigenvalue weighted by Gasteiger charge is -2.11. The molecule has 0 aliphatic heterocycles. The second kappa shape index (κ2) is 5.61. The first kappa shape index (κ1) is 14.1. The summed E-state index contributed by atoms with van der Waals surface area (Å²) in [5, 5.41) is 11.9. The molecule has 0 spiro atoms. The minimum Gasteiger partial charge on any atom is -0.506 e. The molecule has 1 aromatic rings. The quantitative estimate of drug-likeness (QED) is 0.647. The molecule has 0 aliphatic carbocycles. The van der Waals surface area contributed by atoms with Crippen LogP contribution in [-0.2, 0) is 15.7 Å². The largest absolute Gasteiger partial charge is 0.506 e. The fourth-order valence-corrected chi connectivity index (χ4v) is 1.24. The standard InChI is InChI=1S/C11H12F3NO3/c1-2-18-10(17)6-15-8-4-3-7(5-9(8)16)11(12,13)14/h3-5,15-16H,2,6H2,1H3. The van der Waals surface area contributed by atoms with Crippen LogP contribution >= 0.6 is 0 Å². The van der Waals surface area contributed by atoms with Crippen LogP contribution in [0.25, 0.3) is 0 Å². The molecule has 0 radical (unpaired) electrons. The lowest BCUT2D eigenvalue weighted by molar-refractivity contribution is -0.141. The number of nitrogens with one attached hydrogen (secondary N) is 1. The molecule has 18 heavy (non-hydrogen) atoms. The maximum absolute atomic E-state index is 12.3. The van der Waals surface area contributed by atoms with E-state index in [1.54, 1.807) is 6.92 Å². The maximum atomic E-state index is 12.3. The Morgan fingerprint density at radius 3 is 2.61 bits per heavy atom. The van der Waals surface area contributed by atoms with Gasteiger partial charge in [0.1, 0.15) is 12.3 Å². The summed E-state index contributed by atoms with van der Waals surface area (Å²) in [5.74, 6) is -1.13. The number of phenols is 1. The Hall–Kier alpha value is -1.92. The van der Waals surface area contributed by atoms with Crippen molar-refractivity contribution in [2.75, 3.05) is 18.5 Å². The minimum atomic E-state index is -4.52. The van der Waals surface area contributed by atoms with Crippen molar-refractivity contribution in [3.63, 3.8) is 0 Å². The van der Waals surface area contributed by atoms with Crippen molar-refractivity contribution in [3.8, 4) is 5.75 Å². The van der Waals surface area contributed by atoms with Gasteiger partial charge in [0.15, 0.2) is 0 Å². The van der Waals surface area contributed by atoms with Gasteiger partial charge in [-0.1, -0.05) is 0 Å². The van der Waals surface area contributed by atoms with E-state index in [9.17, 15) is 23.1 Å². The lowest BCUT2D eigenvalue weighted by atomic mass is 10.2. The summed E-state index contributed by atoms with van der Waals surface area (Å²) in [7, 11) is 0. The van der Waals surface area contributed by atoms with Crippen molar-refractivity contribution >= 4 is 11.7 Å². The highest BCUT2D eigenvalue weighted by Crippen LogP contribution is 2.34. The summed E-state index contributed by atoms with van der Waals surface area (Å²) in [5.41, 5.74) is -0.919. The van der Waals surface area contributed by atoms with E-state index in [1.807, 2.05) is 0 Å². The average molecular weight is 263 g/mol. The molecular formula is C11H12F3NO3. The third-order valence-corrected chi connectivity index (χ3v) is 2.05. The second-order valence-electron chi connectivity index (χ2n) is 3.39. The highest BCUT2D eigenvalue weighted by Gasteiger charge is 2.31. The highest BCUT2D eigenvalue weighted by molar-refractivity contribution is 5.76. The van der Waals surface area contributed by atoms with E-state index in [1.165, 1.54) is 0 Å². The Morgan fingerprint density at radius 1 is 1.44 bits per heavy atom. The SMILES string of the molecule is CCOC(=O)CNc1ccc(C(F)(F)F)cc1O. The van der Waals surface area contributed by atoms with Crippen LogP contribution in [0.4, 0.5) is 18.9 Å². The molecule has 0 aromatic heterocycles. The van der Waals surface area contributed by atoms with E-state index in [0.29, 0.717) is 6.07 Å². The van der Waals surface area contributed by atoms with Crippen LogP contribution < -0.4 is 5.32 Å². The molecule has 2 N–H and O–H groups in total. The molecular weight excluding hydrogens is 251 g/mol. The molecule has 7 heteroatoms. The number of esters is 1. The number of phenolic OH excluding ortho intramolecular Hbond substituents is 1. The van der Waals surface area contributed by atoms with Crippen LogP contribution in [0, 0.1) is 0 Å². The molecule has 0 saturated carbocycles. The predicted octanol–water partition coefficient (Wildman–Crippen LogP) is 2.39. The number of halogens is 3. The Morgan fingerprint density at radius 2 is 2.11 bits per heavy atom. The van der Waals surface area contributed by atoms with E-state index in [4.69, 9.17) is 0 Å². The Bertz CT molecular complexity index is 432. The predicted molar refractivity (Wildman–Crippen MR) is 58.2 cm³/mol. The normalized spacial score (nSPS) is 11.1. The van der Waals surface area contributed by atoms with Crippen molar-refractivity contribution in [2.24, 2.45) is 0 Å². The van der Waals surface area contributed by atoms with Gasteiger partial charge in [0.05, 0.1) is 17.9 Å². The van der Waals surface area contributed by atoms with Crippen LogP contribution in [0.15, 0.2) is 18.2 Å². The first-order valence-electron chi connectivity index (χ1n) is 5.14. The zero-order valence-corrected chi connectivity index (χ0v) is 9.54. The maximum Gasteiger partial charge on any atom is 0.416 e. The van der Waals surface area contributed by atoms with Crippen LogP contribution in [-0.4, -0.2) is 24.2 Å². The third kappa shape index (κ3) is 3.83. The molecule has 1 aromatic carbocycles. The van der Waals surface area contributed by atoms with Gasteiger partial charge in [0.25, 0.3) is 0 Å². The van der Waals surface area contributed by atoms with Gasteiger partial charge in [-0.05, 0) is 25.1 Å². The van der Waals surface area contributed by atoms with Gasteiger partial charge in [-0.15, -0.1) is 0 Å². The van der Waals surface area contributed by atoms with Crippen molar-refractivity contribution in [1.29, 1.82) is 0 Å². The van der Waals surface area contributed by atoms with Gasteiger partial charge in [0, 0.05) is 0 Å². The third-order valence-electron chi connectivity index (χ3n) is 2.05. The Labute approximate surface area is 101 Å². The number of carbonyl (C=O) groups excluding carboxylic acids is 1. The topological polar surface area (TPSA) is 58.6 Å². The van der Waals surface area contributed by atoms with E-state index in [-0.39, 0.29) is 18.8 Å². The molecule has 0 aliphatic rings. The van der Waals surface area contributed by atoms with Gasteiger partial charge in [-0.3, -0.25) is 4.79 Å². The summed E-state index contributed by atoms with van der Waals surface area (Å²) >= 11 is 0. The summed E-state index contributed by atoms with van der Waals surface area (Å²) in [6.45, 7) is 1.61. The number of anilines is 1. The number of alkyl halides is 3. The fourth-order valence-electron chi connectivity index (χ4n) is 1.24. The molecule has 0 fully saturated rings.